The minimum atomic E-state index is -0.913. The maximum Gasteiger partial charge on any atom is 0.334 e. The number of carbonyl (C=O) groups excluding carboxylic acids is 4. The largest absolute Gasteiger partial charge is 0.508 e. The number of piperidine rings is 2. The van der Waals surface area contributed by atoms with Gasteiger partial charge in [-0.2, -0.15) is 0 Å². The van der Waals surface area contributed by atoms with Gasteiger partial charge in [0.05, 0.1) is 24.2 Å². The van der Waals surface area contributed by atoms with Crippen LogP contribution in [0.25, 0.3) is 10.9 Å². The average Bonchev–Trinajstić information content (AvgIpc) is 3.59. The number of hydrogen-bond acceptors (Lipinski definition) is 7. The number of phenolic OH excluding ortho intramolecular Hbond substituents is 1. The van der Waals surface area contributed by atoms with Gasteiger partial charge in [0, 0.05) is 63.8 Å². The van der Waals surface area contributed by atoms with Crippen molar-refractivity contribution in [2.45, 2.75) is 69.9 Å². The molecule has 0 aliphatic carbocycles. The molecule has 4 aromatic rings. The van der Waals surface area contributed by atoms with Gasteiger partial charge in [0.15, 0.2) is 0 Å². The van der Waals surface area contributed by atoms with E-state index < -0.39 is 18.2 Å². The maximum absolute atomic E-state index is 14.7. The third-order valence-electron chi connectivity index (χ3n) is 12.4. The topological polar surface area (TPSA) is 125 Å². The Morgan fingerprint density at radius 3 is 2.36 bits per heavy atom. The molecular weight excluding hydrogens is 733 g/mol. The van der Waals surface area contributed by atoms with E-state index in [0.717, 1.165) is 66.6 Å². The number of nitrogens with one attached hydrogen (secondary N) is 1. The first-order valence-corrected chi connectivity index (χ1v) is 20.6. The number of piperazine rings is 1. The Balaban J connectivity index is 1.08. The lowest BCUT2D eigenvalue weighted by atomic mass is 9.97. The van der Waals surface area contributed by atoms with Gasteiger partial charge >= 0.3 is 6.03 Å². The smallest absolute Gasteiger partial charge is 0.334 e. The Labute approximate surface area is 340 Å². The highest BCUT2D eigenvalue weighted by molar-refractivity contribution is 6.07. The van der Waals surface area contributed by atoms with Crippen molar-refractivity contribution in [2.24, 2.45) is 7.05 Å². The van der Waals surface area contributed by atoms with Gasteiger partial charge in [-0.1, -0.05) is 73.2 Å². The van der Waals surface area contributed by atoms with E-state index in [1.807, 2.05) is 71.2 Å². The molecule has 2 atom stereocenters. The summed E-state index contributed by atoms with van der Waals surface area (Å²) in [6, 6.07) is 21.4. The summed E-state index contributed by atoms with van der Waals surface area (Å²) in [4.78, 5) is 65.1. The number of likely N-dealkylation sites (tertiary alicyclic amines) is 2. The van der Waals surface area contributed by atoms with Crippen molar-refractivity contribution >= 4 is 34.7 Å². The number of carbonyl (C=O) groups is 4. The molecule has 0 unspecified atom stereocenters. The van der Waals surface area contributed by atoms with E-state index in [4.69, 9.17) is 0 Å². The van der Waals surface area contributed by atoms with Crippen LogP contribution < -0.4 is 5.32 Å². The van der Waals surface area contributed by atoms with Crippen LogP contribution in [0.2, 0.25) is 0 Å². The SMILES string of the molecule is C=CCN1CC(=O)N2[C@@H](Cc3ccc(O)cc3)C(=O)N(Cc3cccc4c(C(=O)N5CCC(N6CCCCC6)CC5)cn(C)c34)C[C@@H]2N1C(=O)NCc1ccccc1. The van der Waals surface area contributed by atoms with E-state index in [1.54, 1.807) is 50.2 Å². The highest BCUT2D eigenvalue weighted by Gasteiger charge is 2.51. The summed E-state index contributed by atoms with van der Waals surface area (Å²) in [6.07, 6.45) is 8.74. The number of nitrogens with zero attached hydrogens (tertiary/aromatic N) is 7. The monoisotopic (exact) mass is 786 g/mol. The van der Waals surface area contributed by atoms with Gasteiger partial charge in [-0.05, 0) is 67.6 Å². The lowest BCUT2D eigenvalue weighted by Gasteiger charge is -2.55. The molecule has 3 aromatic carbocycles. The molecule has 0 radical (unpaired) electrons. The molecule has 13 heteroatoms. The molecule has 5 amide bonds. The van der Waals surface area contributed by atoms with Gasteiger partial charge in [-0.15, -0.1) is 6.58 Å². The summed E-state index contributed by atoms with van der Waals surface area (Å²) in [5.74, 6) is -0.371. The number of hydrazine groups is 1. The molecule has 0 saturated carbocycles. The van der Waals surface area contributed by atoms with Crippen LogP contribution in [-0.2, 0) is 36.1 Å². The van der Waals surface area contributed by atoms with Crippen molar-refractivity contribution in [2.75, 3.05) is 45.8 Å². The Morgan fingerprint density at radius 1 is 0.897 bits per heavy atom. The maximum atomic E-state index is 14.7. The van der Waals surface area contributed by atoms with Gasteiger partial charge < -0.3 is 34.6 Å². The van der Waals surface area contributed by atoms with E-state index in [9.17, 15) is 24.3 Å². The highest BCUT2D eigenvalue weighted by atomic mass is 16.3. The first kappa shape index (κ1) is 39.2. The van der Waals surface area contributed by atoms with Crippen LogP contribution in [0.5, 0.6) is 5.75 Å². The van der Waals surface area contributed by atoms with Crippen molar-refractivity contribution in [3.63, 3.8) is 0 Å². The number of para-hydroxylation sites is 1. The summed E-state index contributed by atoms with van der Waals surface area (Å²) in [6.45, 7) is 8.38. The molecule has 8 rings (SSSR count). The highest BCUT2D eigenvalue weighted by Crippen LogP contribution is 2.33. The quantitative estimate of drug-likeness (QED) is 0.223. The number of aromatic nitrogens is 1. The summed E-state index contributed by atoms with van der Waals surface area (Å²) < 4.78 is 1.98. The second kappa shape index (κ2) is 17.1. The van der Waals surface area contributed by atoms with Crippen LogP contribution >= 0.6 is 0 Å². The second-order valence-corrected chi connectivity index (χ2v) is 16.1. The fourth-order valence-corrected chi connectivity index (χ4v) is 9.50. The fraction of sp³-hybridized carbons (Fsp3) is 0.422. The minimum Gasteiger partial charge on any atom is -0.508 e. The summed E-state index contributed by atoms with van der Waals surface area (Å²) in [7, 11) is 1.93. The molecule has 0 spiro atoms. The van der Waals surface area contributed by atoms with Crippen molar-refractivity contribution in [1.82, 2.24) is 39.5 Å². The Hall–Kier alpha value is -5.66. The third kappa shape index (κ3) is 7.93. The zero-order chi connectivity index (χ0) is 40.3. The summed E-state index contributed by atoms with van der Waals surface area (Å²) >= 11 is 0. The van der Waals surface area contributed by atoms with Crippen molar-refractivity contribution in [3.05, 3.63) is 114 Å². The lowest BCUT2D eigenvalue weighted by molar-refractivity contribution is -0.189. The second-order valence-electron chi connectivity index (χ2n) is 16.1. The van der Waals surface area contributed by atoms with E-state index in [2.05, 4.69) is 16.8 Å². The number of aryl methyl sites for hydroxylation is 1. The van der Waals surface area contributed by atoms with Gasteiger partial charge in [0.2, 0.25) is 11.8 Å². The first-order chi connectivity index (χ1) is 28.2. The molecule has 4 aliphatic heterocycles. The number of aromatic hydroxyl groups is 1. The molecule has 5 heterocycles. The van der Waals surface area contributed by atoms with Gasteiger partial charge in [-0.25, -0.2) is 14.8 Å². The molecular formula is C45H54N8O5. The molecule has 4 saturated heterocycles. The minimum absolute atomic E-state index is 0.0266. The van der Waals surface area contributed by atoms with Crippen LogP contribution in [-0.4, -0.2) is 127 Å². The Kier molecular flexibility index (Phi) is 11.5. The molecule has 2 N–H and O–H groups in total. The normalized spacial score (nSPS) is 21.1. The van der Waals surface area contributed by atoms with Crippen LogP contribution in [0.4, 0.5) is 4.79 Å². The van der Waals surface area contributed by atoms with Crippen LogP contribution in [0, 0.1) is 0 Å². The number of urea groups is 1. The number of rotatable bonds is 10. The molecule has 58 heavy (non-hydrogen) atoms. The van der Waals surface area contributed by atoms with E-state index in [1.165, 1.54) is 19.3 Å². The Morgan fingerprint density at radius 2 is 1.64 bits per heavy atom. The molecule has 1 aromatic heterocycles. The van der Waals surface area contributed by atoms with Crippen LogP contribution in [0.3, 0.4) is 0 Å². The van der Waals surface area contributed by atoms with Gasteiger partial charge in [0.25, 0.3) is 5.91 Å². The molecule has 4 aliphatic rings. The number of phenols is 1. The predicted octanol–water partition coefficient (Wildman–Crippen LogP) is 4.71. The van der Waals surface area contributed by atoms with E-state index in [0.29, 0.717) is 11.6 Å². The van der Waals surface area contributed by atoms with Gasteiger partial charge in [-0.3, -0.25) is 14.4 Å². The predicted molar refractivity (Wildman–Crippen MR) is 221 cm³/mol. The van der Waals surface area contributed by atoms with Crippen molar-refractivity contribution in [1.29, 1.82) is 0 Å². The fourth-order valence-electron chi connectivity index (χ4n) is 9.50. The number of amides is 5. The standard InChI is InChI=1S/C45H54N8O5/c1-3-21-51-31-41(55)52-39(26-32-15-17-36(54)18-16-32)44(57)50(30-40(52)53(51)45(58)46-27-33-11-6-4-7-12-33)28-34-13-10-14-37-38(29-47(2)42(34)37)43(56)49-24-19-35(20-25-49)48-22-8-5-9-23-48/h3-4,6-7,10-18,29,35,39-40,54H,1,5,8-9,19-28,30-31H2,2H3,(H,46,58)/t39-,40-/m0/s1. The van der Waals surface area contributed by atoms with Crippen molar-refractivity contribution < 1.29 is 24.3 Å². The van der Waals surface area contributed by atoms with E-state index >= 15 is 0 Å². The molecule has 304 valence electrons. The van der Waals surface area contributed by atoms with E-state index in [-0.39, 0.29) is 62.6 Å². The van der Waals surface area contributed by atoms with Gasteiger partial charge in [0.1, 0.15) is 18.0 Å². The zero-order valence-electron chi connectivity index (χ0n) is 33.3. The number of benzene rings is 3. The summed E-state index contributed by atoms with van der Waals surface area (Å²) in [5, 5.41) is 17.1. The average molecular weight is 787 g/mol. The molecule has 13 nitrogen and oxygen atoms in total. The third-order valence-corrected chi connectivity index (χ3v) is 12.4. The number of fused-ring (bicyclic) bond motifs is 2. The van der Waals surface area contributed by atoms with Crippen LogP contribution in [0.15, 0.2) is 91.6 Å². The Bertz CT molecular complexity index is 2140. The first-order valence-electron chi connectivity index (χ1n) is 20.6. The lowest BCUT2D eigenvalue weighted by Crippen LogP contribution is -2.76. The zero-order valence-corrected chi connectivity index (χ0v) is 33.3. The molecule has 0 bridgehead atoms. The van der Waals surface area contributed by atoms with Crippen LogP contribution in [0.1, 0.15) is 59.2 Å². The van der Waals surface area contributed by atoms with Crippen molar-refractivity contribution in [3.8, 4) is 5.75 Å². The number of hydrogen-bond donors (Lipinski definition) is 2. The molecule has 4 fully saturated rings. The summed E-state index contributed by atoms with van der Waals surface area (Å²) in [5.41, 5.74) is 4.07.